The van der Waals surface area contributed by atoms with Gasteiger partial charge in [0.1, 0.15) is 5.82 Å². The van der Waals surface area contributed by atoms with E-state index in [1.165, 1.54) is 22.2 Å². The van der Waals surface area contributed by atoms with Gasteiger partial charge in [-0.05, 0) is 44.2 Å². The third-order valence-electron chi connectivity index (χ3n) is 3.98. The molecule has 0 bridgehead atoms. The Bertz CT molecular complexity index is 972. The molecule has 1 aromatic heterocycles. The highest BCUT2D eigenvalue weighted by Gasteiger charge is 2.14. The first-order valence-electron chi connectivity index (χ1n) is 8.95. The summed E-state index contributed by atoms with van der Waals surface area (Å²) in [7, 11) is 0. The number of thioether (sulfide) groups is 2. The molecule has 0 radical (unpaired) electrons. The van der Waals surface area contributed by atoms with Crippen LogP contribution < -0.4 is 5.32 Å². The van der Waals surface area contributed by atoms with Gasteiger partial charge in [0.25, 0.3) is 0 Å². The highest BCUT2D eigenvalue weighted by atomic mass is 35.5. The molecule has 2 aromatic carbocycles. The monoisotopic (exact) mass is 466 g/mol. The molecule has 0 aliphatic carbocycles. The summed E-state index contributed by atoms with van der Waals surface area (Å²) in [6.07, 6.45) is 0. The van der Waals surface area contributed by atoms with Crippen molar-refractivity contribution in [3.8, 4) is 0 Å². The second-order valence-corrected chi connectivity index (χ2v) is 9.10. The van der Waals surface area contributed by atoms with Crippen molar-refractivity contribution in [2.24, 2.45) is 0 Å². The largest absolute Gasteiger partial charge is 0.325 e. The molecule has 0 aliphatic rings. The van der Waals surface area contributed by atoms with Crippen molar-refractivity contribution in [3.63, 3.8) is 0 Å². The minimum Gasteiger partial charge on any atom is -0.325 e. The van der Waals surface area contributed by atoms with E-state index in [2.05, 4.69) is 46.7 Å². The van der Waals surface area contributed by atoms with Crippen LogP contribution in [0.2, 0.25) is 10.0 Å². The Morgan fingerprint density at radius 1 is 1.07 bits per heavy atom. The predicted molar refractivity (Wildman–Crippen MR) is 122 cm³/mol. The Morgan fingerprint density at radius 3 is 2.41 bits per heavy atom. The molecule has 3 rings (SSSR count). The van der Waals surface area contributed by atoms with Crippen LogP contribution in [-0.2, 0) is 17.1 Å². The van der Waals surface area contributed by atoms with Crippen LogP contribution in [0.15, 0.2) is 52.5 Å². The fourth-order valence-electron chi connectivity index (χ4n) is 2.59. The van der Waals surface area contributed by atoms with Crippen molar-refractivity contribution in [2.75, 3.05) is 11.1 Å². The normalized spacial score (nSPS) is 10.9. The Morgan fingerprint density at radius 2 is 1.76 bits per heavy atom. The number of benzene rings is 2. The molecule has 1 N–H and O–H groups in total. The number of aryl methyl sites for hydroxylation is 1. The standard InChI is InChI=1S/C20H20Cl2N4OS2/c1-3-26-18(11-28-17-6-4-13(2)5-7-17)24-25-20(26)29-12-19(27)23-16-9-14(21)8-15(22)10-16/h4-10H,3,11-12H2,1-2H3,(H,23,27). The lowest BCUT2D eigenvalue weighted by molar-refractivity contribution is -0.113. The first-order valence-corrected chi connectivity index (χ1v) is 11.7. The molecule has 1 amide bonds. The van der Waals surface area contributed by atoms with Gasteiger partial charge in [-0.1, -0.05) is 52.7 Å². The van der Waals surface area contributed by atoms with Crippen molar-refractivity contribution in [1.82, 2.24) is 14.8 Å². The number of rotatable bonds is 8. The highest BCUT2D eigenvalue weighted by Crippen LogP contribution is 2.26. The van der Waals surface area contributed by atoms with Crippen LogP contribution in [0.4, 0.5) is 5.69 Å². The molecule has 152 valence electrons. The number of hydrogen-bond acceptors (Lipinski definition) is 5. The first kappa shape index (κ1) is 22.0. The second-order valence-electron chi connectivity index (χ2n) is 6.24. The number of carbonyl (C=O) groups excluding carboxylic acids is 1. The van der Waals surface area contributed by atoms with Crippen molar-refractivity contribution < 1.29 is 4.79 Å². The number of amides is 1. The van der Waals surface area contributed by atoms with Crippen molar-refractivity contribution >= 4 is 58.3 Å². The molecule has 3 aromatic rings. The molecule has 5 nitrogen and oxygen atoms in total. The van der Waals surface area contributed by atoms with Gasteiger partial charge in [0, 0.05) is 27.2 Å². The van der Waals surface area contributed by atoms with E-state index in [0.717, 1.165) is 23.3 Å². The minimum atomic E-state index is -0.158. The van der Waals surface area contributed by atoms with Crippen LogP contribution in [0.3, 0.4) is 0 Å². The SMILES string of the molecule is CCn1c(CSc2ccc(C)cc2)nnc1SCC(=O)Nc1cc(Cl)cc(Cl)c1. The summed E-state index contributed by atoms with van der Waals surface area (Å²) in [5.74, 6) is 1.67. The van der Waals surface area contributed by atoms with Crippen LogP contribution in [0.25, 0.3) is 0 Å². The second kappa shape index (κ2) is 10.4. The van der Waals surface area contributed by atoms with Crippen LogP contribution >= 0.6 is 46.7 Å². The summed E-state index contributed by atoms with van der Waals surface area (Å²) in [4.78, 5) is 13.5. The summed E-state index contributed by atoms with van der Waals surface area (Å²) in [5.41, 5.74) is 1.81. The predicted octanol–water partition coefficient (Wildman–Crippen LogP) is 5.94. The fourth-order valence-corrected chi connectivity index (χ4v) is 4.77. The van der Waals surface area contributed by atoms with Crippen molar-refractivity contribution in [2.45, 2.75) is 36.2 Å². The smallest absolute Gasteiger partial charge is 0.234 e. The van der Waals surface area contributed by atoms with E-state index in [0.29, 0.717) is 15.7 Å². The number of aromatic nitrogens is 3. The Balaban J connectivity index is 1.58. The summed E-state index contributed by atoms with van der Waals surface area (Å²) >= 11 is 15.0. The lowest BCUT2D eigenvalue weighted by Crippen LogP contribution is -2.14. The minimum absolute atomic E-state index is 0.158. The van der Waals surface area contributed by atoms with Gasteiger partial charge in [0.05, 0.1) is 11.5 Å². The van der Waals surface area contributed by atoms with Crippen LogP contribution in [0.5, 0.6) is 0 Å². The van der Waals surface area contributed by atoms with Gasteiger partial charge in [-0.2, -0.15) is 0 Å². The maximum Gasteiger partial charge on any atom is 0.234 e. The zero-order valence-electron chi connectivity index (χ0n) is 16.0. The Kier molecular flexibility index (Phi) is 7.89. The van der Waals surface area contributed by atoms with Gasteiger partial charge in [0.2, 0.25) is 5.91 Å². The molecular formula is C20H20Cl2N4OS2. The van der Waals surface area contributed by atoms with Crippen LogP contribution in [0.1, 0.15) is 18.3 Å². The van der Waals surface area contributed by atoms with E-state index >= 15 is 0 Å². The summed E-state index contributed by atoms with van der Waals surface area (Å²) in [6.45, 7) is 4.86. The number of nitrogens with zero attached hydrogens (tertiary/aromatic N) is 3. The molecular weight excluding hydrogens is 447 g/mol. The zero-order valence-corrected chi connectivity index (χ0v) is 19.1. The van der Waals surface area contributed by atoms with E-state index in [4.69, 9.17) is 23.2 Å². The Hall–Kier alpha value is -1.67. The van der Waals surface area contributed by atoms with E-state index in [1.54, 1.807) is 30.0 Å². The lowest BCUT2D eigenvalue weighted by atomic mass is 10.2. The number of nitrogens with one attached hydrogen (secondary N) is 1. The molecule has 0 saturated heterocycles. The third kappa shape index (κ3) is 6.40. The fraction of sp³-hybridized carbons (Fsp3) is 0.250. The molecule has 0 fully saturated rings. The third-order valence-corrected chi connectivity index (χ3v) is 6.39. The molecule has 29 heavy (non-hydrogen) atoms. The van der Waals surface area contributed by atoms with E-state index in [1.807, 2.05) is 11.5 Å². The van der Waals surface area contributed by atoms with Crippen LogP contribution in [0, 0.1) is 6.92 Å². The van der Waals surface area contributed by atoms with Gasteiger partial charge in [-0.3, -0.25) is 4.79 Å². The van der Waals surface area contributed by atoms with E-state index in [9.17, 15) is 4.79 Å². The van der Waals surface area contributed by atoms with Gasteiger partial charge < -0.3 is 9.88 Å². The highest BCUT2D eigenvalue weighted by molar-refractivity contribution is 7.99. The number of hydrogen-bond donors (Lipinski definition) is 1. The number of carbonyl (C=O) groups is 1. The quantitative estimate of drug-likeness (QED) is 0.416. The summed E-state index contributed by atoms with van der Waals surface area (Å²) < 4.78 is 2.04. The Labute approximate surface area is 188 Å². The topological polar surface area (TPSA) is 59.8 Å². The maximum absolute atomic E-state index is 12.3. The molecule has 1 heterocycles. The van der Waals surface area contributed by atoms with Crippen molar-refractivity contribution in [1.29, 1.82) is 0 Å². The summed E-state index contributed by atoms with van der Waals surface area (Å²) in [5, 5.41) is 13.0. The van der Waals surface area contributed by atoms with Gasteiger partial charge >= 0.3 is 0 Å². The molecule has 0 spiro atoms. The maximum atomic E-state index is 12.3. The lowest BCUT2D eigenvalue weighted by Gasteiger charge is -2.08. The first-order chi connectivity index (χ1) is 13.9. The molecule has 0 atom stereocenters. The molecule has 9 heteroatoms. The summed E-state index contributed by atoms with van der Waals surface area (Å²) in [6, 6.07) is 13.3. The molecule has 0 saturated carbocycles. The van der Waals surface area contributed by atoms with E-state index in [-0.39, 0.29) is 11.7 Å². The van der Waals surface area contributed by atoms with Gasteiger partial charge in [-0.15, -0.1) is 22.0 Å². The van der Waals surface area contributed by atoms with Crippen LogP contribution in [-0.4, -0.2) is 26.4 Å². The average Bonchev–Trinajstić information content (AvgIpc) is 3.07. The van der Waals surface area contributed by atoms with Gasteiger partial charge in [-0.25, -0.2) is 0 Å². The number of halogens is 2. The van der Waals surface area contributed by atoms with Crippen molar-refractivity contribution in [3.05, 3.63) is 63.9 Å². The average molecular weight is 467 g/mol. The molecule has 0 unspecified atom stereocenters. The van der Waals surface area contributed by atoms with E-state index < -0.39 is 0 Å². The molecule has 0 aliphatic heterocycles. The number of anilines is 1. The zero-order chi connectivity index (χ0) is 20.8. The van der Waals surface area contributed by atoms with Gasteiger partial charge in [0.15, 0.2) is 5.16 Å².